The minimum absolute atomic E-state index is 0. The van der Waals surface area contributed by atoms with Gasteiger partial charge in [0.2, 0.25) is 0 Å². The van der Waals surface area contributed by atoms with E-state index in [9.17, 15) is 4.79 Å². The Hall–Kier alpha value is -2.50. The minimum Gasteiger partial charge on any atom is -0.412 e. The molecule has 134 valence electrons. The summed E-state index contributed by atoms with van der Waals surface area (Å²) in [6.45, 7) is 0. The zero-order valence-corrected chi connectivity index (χ0v) is 16.2. The first kappa shape index (κ1) is 22.5. The van der Waals surface area contributed by atoms with E-state index in [2.05, 4.69) is 25.8 Å². The molecule has 8 N–H and O–H groups in total. The normalized spacial score (nSPS) is 9.12. The maximum Gasteiger partial charge on any atom is 0.255 e. The SMILES string of the molecule is Br.Br.N=C(N)Nc1ccc(C(=O)Nc2ccnc3[nH]ncc23)cc1.O. The molecule has 0 fully saturated rings. The lowest BCUT2D eigenvalue weighted by Gasteiger charge is -2.07. The molecule has 0 radical (unpaired) electrons. The third kappa shape index (κ3) is 5.24. The number of anilines is 2. The molecule has 0 spiro atoms. The lowest BCUT2D eigenvalue weighted by Crippen LogP contribution is -2.20. The van der Waals surface area contributed by atoms with Gasteiger partial charge in [-0.1, -0.05) is 0 Å². The second-order valence-corrected chi connectivity index (χ2v) is 4.56. The Kier molecular flexibility index (Phi) is 8.74. The third-order valence-corrected chi connectivity index (χ3v) is 3.03. The Morgan fingerprint density at radius 3 is 2.44 bits per heavy atom. The number of fused-ring (bicyclic) bond motifs is 1. The number of rotatable bonds is 3. The van der Waals surface area contributed by atoms with Crippen molar-refractivity contribution in [2.75, 3.05) is 10.6 Å². The molecule has 0 atom stereocenters. The zero-order chi connectivity index (χ0) is 15.5. The number of halogens is 2. The van der Waals surface area contributed by atoms with Crippen molar-refractivity contribution in [1.82, 2.24) is 15.2 Å². The molecule has 2 heterocycles. The molecule has 0 unspecified atom stereocenters. The quantitative estimate of drug-likeness (QED) is 0.288. The van der Waals surface area contributed by atoms with Crippen molar-refractivity contribution in [3.8, 4) is 0 Å². The highest BCUT2D eigenvalue weighted by atomic mass is 79.9. The molecule has 0 aliphatic carbocycles. The molecular formula is C14H17Br2N7O2. The lowest BCUT2D eigenvalue weighted by atomic mass is 10.2. The number of carbonyl (C=O) groups excluding carboxylic acids is 1. The van der Waals surface area contributed by atoms with Crippen molar-refractivity contribution in [3.05, 3.63) is 48.3 Å². The first-order valence-corrected chi connectivity index (χ1v) is 6.44. The van der Waals surface area contributed by atoms with E-state index in [1.165, 1.54) is 0 Å². The van der Waals surface area contributed by atoms with E-state index >= 15 is 0 Å². The topological polar surface area (TPSA) is 164 Å². The number of nitrogens with zero attached hydrogens (tertiary/aromatic N) is 2. The van der Waals surface area contributed by atoms with Crippen LogP contribution in [0.25, 0.3) is 11.0 Å². The highest BCUT2D eigenvalue weighted by molar-refractivity contribution is 8.93. The Labute approximate surface area is 163 Å². The number of aromatic amines is 1. The summed E-state index contributed by atoms with van der Waals surface area (Å²) in [5.74, 6) is -0.403. The standard InChI is InChI=1S/C14H13N7O.2BrH.H2O/c15-14(16)19-9-3-1-8(2-4-9)13(22)20-11-5-6-17-12-10(11)7-18-21-12;;;/h1-7H,(H4,15,16,19)(H2,17,18,20,21,22);2*1H;1H2. The summed E-state index contributed by atoms with van der Waals surface area (Å²) in [5, 5.41) is 20.0. The van der Waals surface area contributed by atoms with Gasteiger partial charge < -0.3 is 21.8 Å². The van der Waals surface area contributed by atoms with Crippen molar-refractivity contribution in [1.29, 1.82) is 5.41 Å². The molecule has 1 amide bonds. The van der Waals surface area contributed by atoms with Crippen LogP contribution in [0.4, 0.5) is 11.4 Å². The van der Waals surface area contributed by atoms with Crippen LogP contribution >= 0.6 is 34.0 Å². The number of nitrogens with one attached hydrogen (secondary N) is 4. The minimum atomic E-state index is -0.247. The predicted molar refractivity (Wildman–Crippen MR) is 108 cm³/mol. The van der Waals surface area contributed by atoms with Crippen LogP contribution in [-0.2, 0) is 0 Å². The van der Waals surface area contributed by atoms with Crippen molar-refractivity contribution in [2.24, 2.45) is 5.73 Å². The van der Waals surface area contributed by atoms with Crippen LogP contribution in [0.2, 0.25) is 0 Å². The van der Waals surface area contributed by atoms with E-state index in [0.29, 0.717) is 22.6 Å². The van der Waals surface area contributed by atoms with Gasteiger partial charge in [0.25, 0.3) is 5.91 Å². The maximum atomic E-state index is 12.3. The molecule has 25 heavy (non-hydrogen) atoms. The molecule has 1 aromatic carbocycles. The molecule has 3 aromatic rings. The number of nitrogens with two attached hydrogens (primary N) is 1. The van der Waals surface area contributed by atoms with Crippen LogP contribution in [0.1, 0.15) is 10.4 Å². The molecule has 0 saturated heterocycles. The number of hydrogen-bond acceptors (Lipinski definition) is 4. The van der Waals surface area contributed by atoms with Crippen LogP contribution in [0.5, 0.6) is 0 Å². The van der Waals surface area contributed by atoms with Crippen molar-refractivity contribution in [2.45, 2.75) is 0 Å². The summed E-state index contributed by atoms with van der Waals surface area (Å²) in [6.07, 6.45) is 3.20. The van der Waals surface area contributed by atoms with E-state index < -0.39 is 0 Å². The summed E-state index contributed by atoms with van der Waals surface area (Å²) < 4.78 is 0. The average molecular weight is 475 g/mol. The summed E-state index contributed by atoms with van der Waals surface area (Å²) in [5.41, 5.74) is 7.62. The van der Waals surface area contributed by atoms with E-state index in [4.69, 9.17) is 11.1 Å². The van der Waals surface area contributed by atoms with E-state index in [1.54, 1.807) is 42.7 Å². The van der Waals surface area contributed by atoms with Gasteiger partial charge in [0.1, 0.15) is 0 Å². The van der Waals surface area contributed by atoms with E-state index in [1.807, 2.05) is 0 Å². The number of carbonyl (C=O) groups is 1. The molecule has 9 nitrogen and oxygen atoms in total. The summed E-state index contributed by atoms with van der Waals surface area (Å²) in [7, 11) is 0. The summed E-state index contributed by atoms with van der Waals surface area (Å²) in [6, 6.07) is 8.36. The molecule has 2 aromatic heterocycles. The molecule has 0 saturated carbocycles. The Bertz CT molecular complexity index is 852. The van der Waals surface area contributed by atoms with Gasteiger partial charge in [0.15, 0.2) is 11.6 Å². The maximum absolute atomic E-state index is 12.3. The highest BCUT2D eigenvalue weighted by Crippen LogP contribution is 2.20. The largest absolute Gasteiger partial charge is 0.412 e. The fraction of sp³-hybridized carbons (Fsp3) is 0. The third-order valence-electron chi connectivity index (χ3n) is 3.03. The van der Waals surface area contributed by atoms with Crippen LogP contribution in [0, 0.1) is 5.41 Å². The monoisotopic (exact) mass is 473 g/mol. The van der Waals surface area contributed by atoms with Crippen molar-refractivity contribution < 1.29 is 10.3 Å². The van der Waals surface area contributed by atoms with Gasteiger partial charge in [-0.2, -0.15) is 5.10 Å². The van der Waals surface area contributed by atoms with Gasteiger partial charge in [-0.3, -0.25) is 15.3 Å². The number of amides is 1. The Morgan fingerprint density at radius 1 is 1.12 bits per heavy atom. The van der Waals surface area contributed by atoms with E-state index in [-0.39, 0.29) is 51.3 Å². The number of benzene rings is 1. The van der Waals surface area contributed by atoms with Gasteiger partial charge in [0, 0.05) is 17.4 Å². The smallest absolute Gasteiger partial charge is 0.255 e. The van der Waals surface area contributed by atoms with Crippen molar-refractivity contribution in [3.63, 3.8) is 0 Å². The van der Waals surface area contributed by atoms with E-state index in [0.717, 1.165) is 5.39 Å². The fourth-order valence-electron chi connectivity index (χ4n) is 2.01. The number of pyridine rings is 1. The molecule has 0 aliphatic rings. The molecular weight excluding hydrogens is 458 g/mol. The van der Waals surface area contributed by atoms with Gasteiger partial charge in [-0.15, -0.1) is 34.0 Å². The van der Waals surface area contributed by atoms with Crippen LogP contribution in [0.15, 0.2) is 42.7 Å². The van der Waals surface area contributed by atoms with Crippen LogP contribution in [-0.4, -0.2) is 32.5 Å². The Morgan fingerprint density at radius 2 is 1.80 bits per heavy atom. The van der Waals surface area contributed by atoms with Crippen molar-refractivity contribution >= 4 is 68.2 Å². The first-order valence-electron chi connectivity index (χ1n) is 6.44. The Balaban J connectivity index is 0.00000192. The second-order valence-electron chi connectivity index (χ2n) is 4.56. The first-order chi connectivity index (χ1) is 10.6. The molecule has 11 heteroatoms. The highest BCUT2D eigenvalue weighted by Gasteiger charge is 2.09. The van der Waals surface area contributed by atoms with Gasteiger partial charge in [-0.25, -0.2) is 4.98 Å². The second kappa shape index (κ2) is 9.71. The van der Waals surface area contributed by atoms with Gasteiger partial charge in [-0.05, 0) is 30.3 Å². The summed E-state index contributed by atoms with van der Waals surface area (Å²) >= 11 is 0. The molecule has 0 aliphatic heterocycles. The number of H-pyrrole nitrogens is 1. The van der Waals surface area contributed by atoms with Crippen LogP contribution < -0.4 is 16.4 Å². The van der Waals surface area contributed by atoms with Gasteiger partial charge in [0.05, 0.1) is 17.3 Å². The average Bonchev–Trinajstić information content (AvgIpc) is 2.97. The van der Waals surface area contributed by atoms with Crippen LogP contribution in [0.3, 0.4) is 0 Å². The molecule has 3 rings (SSSR count). The number of aromatic nitrogens is 3. The number of hydrogen-bond donors (Lipinski definition) is 5. The predicted octanol–water partition coefficient (Wildman–Crippen LogP) is 1.85. The zero-order valence-electron chi connectivity index (χ0n) is 12.7. The number of guanidine groups is 1. The lowest BCUT2D eigenvalue weighted by molar-refractivity contribution is 0.102. The fourth-order valence-corrected chi connectivity index (χ4v) is 2.01. The molecule has 0 bridgehead atoms. The summed E-state index contributed by atoms with van der Waals surface area (Å²) in [4.78, 5) is 16.4. The van der Waals surface area contributed by atoms with Gasteiger partial charge >= 0.3 is 0 Å².